The van der Waals surface area contributed by atoms with Crippen LogP contribution in [0.25, 0.3) is 10.2 Å². The zero-order chi connectivity index (χ0) is 24.7. The van der Waals surface area contributed by atoms with Crippen molar-refractivity contribution in [3.63, 3.8) is 0 Å². The van der Waals surface area contributed by atoms with Crippen LogP contribution in [-0.4, -0.2) is 47.6 Å². The van der Waals surface area contributed by atoms with Crippen molar-refractivity contribution in [2.45, 2.75) is 32.9 Å². The van der Waals surface area contributed by atoms with E-state index in [-0.39, 0.29) is 36.7 Å². The highest BCUT2D eigenvalue weighted by molar-refractivity contribution is 7.22. The van der Waals surface area contributed by atoms with E-state index in [1.165, 1.54) is 17.0 Å². The number of hydrogen-bond acceptors (Lipinski definition) is 7. The van der Waals surface area contributed by atoms with E-state index in [4.69, 9.17) is 9.47 Å². The van der Waals surface area contributed by atoms with Crippen LogP contribution < -0.4 is 10.1 Å². The third-order valence-electron chi connectivity index (χ3n) is 4.43. The summed E-state index contributed by atoms with van der Waals surface area (Å²) < 4.78 is 51.8. The molecule has 8 nitrogen and oxygen atoms in total. The Morgan fingerprint density at radius 3 is 2.53 bits per heavy atom. The molecule has 0 unspecified atom stereocenters. The highest BCUT2D eigenvalue weighted by Gasteiger charge is 2.31. The van der Waals surface area contributed by atoms with Crippen molar-refractivity contribution in [1.29, 1.82) is 0 Å². The van der Waals surface area contributed by atoms with Crippen LogP contribution in [0, 0.1) is 0 Å². The van der Waals surface area contributed by atoms with Gasteiger partial charge in [0.15, 0.2) is 5.13 Å². The number of aromatic nitrogens is 1. The van der Waals surface area contributed by atoms with Gasteiger partial charge in [0, 0.05) is 12.1 Å². The molecule has 0 bridgehead atoms. The number of amides is 2. The molecule has 0 spiro atoms. The summed E-state index contributed by atoms with van der Waals surface area (Å²) in [5.74, 6) is -0.384. The maximum atomic E-state index is 12.4. The number of alkyl halides is 3. The molecule has 0 fully saturated rings. The summed E-state index contributed by atoms with van der Waals surface area (Å²) in [7, 11) is 0. The smallest absolute Gasteiger partial charge is 0.447 e. The summed E-state index contributed by atoms with van der Waals surface area (Å²) in [6, 6.07) is 12.7. The summed E-state index contributed by atoms with van der Waals surface area (Å²) in [5, 5.41) is 2.57. The fourth-order valence-electron chi connectivity index (χ4n) is 2.88. The molecule has 2 amide bonds. The molecule has 1 N–H and O–H groups in total. The second-order valence-electron chi connectivity index (χ2n) is 7.28. The van der Waals surface area contributed by atoms with Crippen molar-refractivity contribution in [3.05, 3.63) is 54.1 Å². The highest BCUT2D eigenvalue weighted by atomic mass is 32.1. The lowest BCUT2D eigenvalue weighted by Gasteiger charge is -2.25. The molecule has 2 aromatic carbocycles. The van der Waals surface area contributed by atoms with E-state index >= 15 is 0 Å². The number of nitrogens with zero attached hydrogens (tertiary/aromatic N) is 2. The van der Waals surface area contributed by atoms with Gasteiger partial charge in [0.05, 0.1) is 16.8 Å². The molecule has 34 heavy (non-hydrogen) atoms. The first kappa shape index (κ1) is 25.1. The Labute approximate surface area is 197 Å². The summed E-state index contributed by atoms with van der Waals surface area (Å²) >= 11 is 0.965. The van der Waals surface area contributed by atoms with Gasteiger partial charge in [-0.25, -0.2) is 14.6 Å². The number of halogens is 3. The van der Waals surface area contributed by atoms with Gasteiger partial charge in [-0.2, -0.15) is 0 Å². The molecule has 182 valence electrons. The Hall–Kier alpha value is -3.54. The third kappa shape index (κ3) is 7.51. The van der Waals surface area contributed by atoms with Gasteiger partial charge in [0.1, 0.15) is 19.0 Å². The SMILES string of the molecule is CC(C)N(CCOC(=O)Nc1nc2ccc(OC(F)(F)F)cc2s1)C(=O)OCc1ccccc1. The van der Waals surface area contributed by atoms with Crippen molar-refractivity contribution in [1.82, 2.24) is 9.88 Å². The average Bonchev–Trinajstić information content (AvgIpc) is 3.15. The molecule has 0 aliphatic rings. The molecule has 3 rings (SSSR count). The molecular formula is C22H22F3N3O5S. The second-order valence-corrected chi connectivity index (χ2v) is 8.32. The number of fused-ring (bicyclic) bond motifs is 1. The lowest BCUT2D eigenvalue weighted by atomic mass is 10.2. The first-order valence-corrected chi connectivity index (χ1v) is 11.0. The Balaban J connectivity index is 1.49. The van der Waals surface area contributed by atoms with Crippen LogP contribution in [0.1, 0.15) is 19.4 Å². The van der Waals surface area contributed by atoms with Crippen LogP contribution >= 0.6 is 11.3 Å². The molecule has 12 heteroatoms. The third-order valence-corrected chi connectivity index (χ3v) is 5.36. The molecule has 0 aliphatic carbocycles. The minimum absolute atomic E-state index is 0.0983. The number of anilines is 1. The molecule has 0 atom stereocenters. The normalized spacial score (nSPS) is 11.4. The van der Waals surface area contributed by atoms with Crippen molar-refractivity contribution in [3.8, 4) is 5.75 Å². The number of carbonyl (C=O) groups excluding carboxylic acids is 2. The number of benzene rings is 2. The Bertz CT molecular complexity index is 1120. The predicted octanol–water partition coefficient (Wildman–Crippen LogP) is 5.79. The monoisotopic (exact) mass is 497 g/mol. The van der Waals surface area contributed by atoms with Gasteiger partial charge >= 0.3 is 18.5 Å². The minimum atomic E-state index is -4.80. The molecule has 0 saturated heterocycles. The Morgan fingerprint density at radius 1 is 1.12 bits per heavy atom. The molecule has 1 aromatic heterocycles. The van der Waals surface area contributed by atoms with E-state index in [0.717, 1.165) is 23.0 Å². The van der Waals surface area contributed by atoms with E-state index in [9.17, 15) is 22.8 Å². The molecular weight excluding hydrogens is 475 g/mol. The van der Waals surface area contributed by atoms with Crippen molar-refractivity contribution < 1.29 is 37.0 Å². The predicted molar refractivity (Wildman–Crippen MR) is 120 cm³/mol. The summed E-state index contributed by atoms with van der Waals surface area (Å²) in [5.41, 5.74) is 1.24. The number of hydrogen-bond donors (Lipinski definition) is 1. The average molecular weight is 497 g/mol. The van der Waals surface area contributed by atoms with Gasteiger partial charge in [-0.1, -0.05) is 41.7 Å². The summed E-state index contributed by atoms with van der Waals surface area (Å²) in [4.78, 5) is 30.1. The van der Waals surface area contributed by atoms with Gasteiger partial charge in [-0.15, -0.1) is 13.2 Å². The van der Waals surface area contributed by atoms with Gasteiger partial charge in [-0.3, -0.25) is 5.32 Å². The van der Waals surface area contributed by atoms with Crippen molar-refractivity contribution >= 4 is 38.9 Å². The second kappa shape index (κ2) is 11.1. The number of nitrogens with one attached hydrogen (secondary N) is 1. The Morgan fingerprint density at radius 2 is 1.85 bits per heavy atom. The zero-order valence-electron chi connectivity index (χ0n) is 18.3. The topological polar surface area (TPSA) is 90.0 Å². The summed E-state index contributed by atoms with van der Waals surface area (Å²) in [6.07, 6.45) is -6.15. The number of thiazole rings is 1. The Kier molecular flexibility index (Phi) is 8.16. The summed E-state index contributed by atoms with van der Waals surface area (Å²) in [6.45, 7) is 3.75. The van der Waals surface area contributed by atoms with Crippen molar-refractivity contribution in [2.75, 3.05) is 18.5 Å². The fraction of sp³-hybridized carbons (Fsp3) is 0.318. The first-order valence-electron chi connectivity index (χ1n) is 10.2. The first-order chi connectivity index (χ1) is 16.1. The van der Waals surface area contributed by atoms with Crippen LogP contribution in [0.15, 0.2) is 48.5 Å². The van der Waals surface area contributed by atoms with Crippen LogP contribution in [0.4, 0.5) is 27.9 Å². The number of ether oxygens (including phenoxy) is 3. The maximum Gasteiger partial charge on any atom is 0.573 e. The van der Waals surface area contributed by atoms with Crippen LogP contribution in [0.3, 0.4) is 0 Å². The van der Waals surface area contributed by atoms with Crippen LogP contribution in [-0.2, 0) is 16.1 Å². The lowest BCUT2D eigenvalue weighted by Crippen LogP contribution is -2.40. The van der Waals surface area contributed by atoms with E-state index in [1.54, 1.807) is 0 Å². The molecule has 1 heterocycles. The largest absolute Gasteiger partial charge is 0.573 e. The van der Waals surface area contributed by atoms with E-state index in [2.05, 4.69) is 15.0 Å². The fourth-order valence-corrected chi connectivity index (χ4v) is 3.76. The minimum Gasteiger partial charge on any atom is -0.447 e. The molecule has 0 saturated carbocycles. The number of rotatable bonds is 8. The van der Waals surface area contributed by atoms with E-state index in [1.807, 2.05) is 44.2 Å². The number of carbonyl (C=O) groups is 2. The molecule has 3 aromatic rings. The molecule has 0 radical (unpaired) electrons. The van der Waals surface area contributed by atoms with Crippen molar-refractivity contribution in [2.24, 2.45) is 0 Å². The van der Waals surface area contributed by atoms with Gasteiger partial charge in [0.2, 0.25) is 0 Å². The maximum absolute atomic E-state index is 12.4. The highest BCUT2D eigenvalue weighted by Crippen LogP contribution is 2.31. The van der Waals surface area contributed by atoms with E-state index < -0.39 is 18.5 Å². The quantitative estimate of drug-likeness (QED) is 0.424. The molecule has 0 aliphatic heterocycles. The zero-order valence-corrected chi connectivity index (χ0v) is 19.1. The van der Waals surface area contributed by atoms with Gasteiger partial charge in [0.25, 0.3) is 0 Å². The standard InChI is InChI=1S/C22H22F3N3O5S/c1-14(2)28(21(30)32-13-15-6-4-3-5-7-15)10-11-31-20(29)27-19-26-17-9-8-16(12-18(17)34-19)33-22(23,24)25/h3-9,12,14H,10-11,13H2,1-2H3,(H,26,27,29). The van der Waals surface area contributed by atoms with Crippen LogP contribution in [0.2, 0.25) is 0 Å². The van der Waals surface area contributed by atoms with Gasteiger partial charge < -0.3 is 19.1 Å². The van der Waals surface area contributed by atoms with Crippen LogP contribution in [0.5, 0.6) is 5.75 Å². The lowest BCUT2D eigenvalue weighted by molar-refractivity contribution is -0.274. The van der Waals surface area contributed by atoms with Gasteiger partial charge in [-0.05, 0) is 31.5 Å². The van der Waals surface area contributed by atoms with E-state index in [0.29, 0.717) is 10.2 Å².